The molecule has 5 rings (SSSR count). The molecule has 6 amide bonds. The SMILES string of the molecule is CCCC/C=C/C(=O)N[C@@H](Cc1cc(F)cc(F)c1)C(=O)N[C@@H]1C(=O)N2CCC[C@H]2C(=O)N2CCCC[C@H]2C(=O)N[C@@H](C)C(=O)N2CCC[C@H]2C(=O)O[C@H]1C. The van der Waals surface area contributed by atoms with Gasteiger partial charge in [-0.15, -0.1) is 0 Å². The van der Waals surface area contributed by atoms with Gasteiger partial charge in [-0.1, -0.05) is 25.8 Å². The van der Waals surface area contributed by atoms with Gasteiger partial charge in [-0.3, -0.25) is 28.8 Å². The molecule has 55 heavy (non-hydrogen) atoms. The first-order valence-electron chi connectivity index (χ1n) is 19.4. The molecule has 1 aromatic carbocycles. The third-order valence-corrected chi connectivity index (χ3v) is 10.8. The summed E-state index contributed by atoms with van der Waals surface area (Å²) in [6, 6.07) is -4.16. The van der Waals surface area contributed by atoms with Crippen molar-refractivity contribution in [2.24, 2.45) is 0 Å². The number of nitrogens with one attached hydrogen (secondary N) is 3. The van der Waals surface area contributed by atoms with Gasteiger partial charge in [-0.2, -0.15) is 0 Å². The Bertz CT molecular complexity index is 1650. The van der Waals surface area contributed by atoms with Crippen molar-refractivity contribution in [3.8, 4) is 0 Å². The Morgan fingerprint density at radius 1 is 0.855 bits per heavy atom. The Morgan fingerprint density at radius 3 is 2.16 bits per heavy atom. The Hall–Kier alpha value is -4.89. The van der Waals surface area contributed by atoms with Crippen molar-refractivity contribution in [1.29, 1.82) is 0 Å². The molecule has 300 valence electrons. The maximum atomic E-state index is 14.6. The van der Waals surface area contributed by atoms with Crippen LogP contribution in [0.5, 0.6) is 0 Å². The van der Waals surface area contributed by atoms with Gasteiger partial charge in [0.1, 0.15) is 54.0 Å². The highest BCUT2D eigenvalue weighted by Crippen LogP contribution is 2.27. The summed E-state index contributed by atoms with van der Waals surface area (Å²) < 4.78 is 34.3. The number of ether oxygens (including phenoxy) is 1. The lowest BCUT2D eigenvalue weighted by molar-refractivity contribution is -0.163. The van der Waals surface area contributed by atoms with E-state index in [1.54, 1.807) is 6.08 Å². The van der Waals surface area contributed by atoms with Gasteiger partial charge in [0.25, 0.3) is 0 Å². The van der Waals surface area contributed by atoms with Crippen LogP contribution in [0.2, 0.25) is 0 Å². The first kappa shape index (κ1) is 41.3. The number of fused-ring (bicyclic) bond motifs is 3. The van der Waals surface area contributed by atoms with Gasteiger partial charge in [0.15, 0.2) is 0 Å². The molecule has 4 saturated heterocycles. The van der Waals surface area contributed by atoms with Crippen molar-refractivity contribution < 1.29 is 47.1 Å². The van der Waals surface area contributed by atoms with Crippen molar-refractivity contribution >= 4 is 41.4 Å². The molecule has 4 heterocycles. The molecule has 7 atom stereocenters. The van der Waals surface area contributed by atoms with E-state index in [-0.39, 0.29) is 44.5 Å². The number of benzene rings is 1. The fraction of sp³-hybridized carbons (Fsp3) is 0.615. The topological polar surface area (TPSA) is 175 Å². The number of carbonyl (C=O) groups is 7. The van der Waals surface area contributed by atoms with Crippen LogP contribution in [0, 0.1) is 11.6 Å². The number of carbonyl (C=O) groups excluding carboxylic acids is 7. The molecule has 0 aliphatic carbocycles. The van der Waals surface area contributed by atoms with Crippen molar-refractivity contribution in [2.75, 3.05) is 19.6 Å². The van der Waals surface area contributed by atoms with Gasteiger partial charge in [0.05, 0.1) is 0 Å². The number of hydrogen-bond donors (Lipinski definition) is 3. The largest absolute Gasteiger partial charge is 0.458 e. The van der Waals surface area contributed by atoms with E-state index in [0.29, 0.717) is 44.6 Å². The molecule has 0 spiro atoms. The fourth-order valence-electron chi connectivity index (χ4n) is 7.89. The third kappa shape index (κ3) is 10.1. The second-order valence-electron chi connectivity index (χ2n) is 14.9. The predicted molar refractivity (Wildman–Crippen MR) is 195 cm³/mol. The summed E-state index contributed by atoms with van der Waals surface area (Å²) in [4.78, 5) is 101. The number of halogens is 2. The molecule has 0 aromatic heterocycles. The number of nitrogens with zero attached hydrogens (tertiary/aromatic N) is 3. The van der Waals surface area contributed by atoms with E-state index in [9.17, 15) is 42.3 Å². The van der Waals surface area contributed by atoms with Crippen LogP contribution < -0.4 is 16.0 Å². The van der Waals surface area contributed by atoms with E-state index in [0.717, 1.165) is 25.0 Å². The van der Waals surface area contributed by atoms with E-state index < -0.39 is 95.4 Å². The highest BCUT2D eigenvalue weighted by atomic mass is 19.1. The zero-order valence-electron chi connectivity index (χ0n) is 31.7. The van der Waals surface area contributed by atoms with Crippen molar-refractivity contribution in [1.82, 2.24) is 30.7 Å². The molecule has 4 aliphatic heterocycles. The van der Waals surface area contributed by atoms with Crippen molar-refractivity contribution in [2.45, 2.75) is 134 Å². The van der Waals surface area contributed by atoms with Gasteiger partial charge in [0.2, 0.25) is 35.4 Å². The smallest absolute Gasteiger partial charge is 0.329 e. The van der Waals surface area contributed by atoms with Gasteiger partial charge in [0, 0.05) is 32.1 Å². The molecule has 3 N–H and O–H groups in total. The zero-order valence-corrected chi connectivity index (χ0v) is 31.7. The number of cyclic esters (lactones) is 1. The van der Waals surface area contributed by atoms with Crippen LogP contribution in [0.3, 0.4) is 0 Å². The average molecular weight is 771 g/mol. The number of unbranched alkanes of at least 4 members (excludes halogenated alkanes) is 2. The highest BCUT2D eigenvalue weighted by molar-refractivity contribution is 5.98. The van der Waals surface area contributed by atoms with Gasteiger partial charge < -0.3 is 35.4 Å². The van der Waals surface area contributed by atoms with E-state index in [1.807, 2.05) is 6.92 Å². The summed E-state index contributed by atoms with van der Waals surface area (Å²) in [7, 11) is 0. The van der Waals surface area contributed by atoms with E-state index in [4.69, 9.17) is 4.74 Å². The molecule has 0 bridgehead atoms. The highest BCUT2D eigenvalue weighted by Gasteiger charge is 2.46. The molecule has 4 fully saturated rings. The summed E-state index contributed by atoms with van der Waals surface area (Å²) in [6.45, 7) is 5.57. The molecular weight excluding hydrogens is 718 g/mol. The summed E-state index contributed by atoms with van der Waals surface area (Å²) >= 11 is 0. The second kappa shape index (κ2) is 18.6. The fourth-order valence-corrected chi connectivity index (χ4v) is 7.89. The molecule has 0 saturated carbocycles. The lowest BCUT2D eigenvalue weighted by Gasteiger charge is -2.39. The van der Waals surface area contributed by atoms with Crippen LogP contribution in [-0.2, 0) is 44.7 Å². The molecule has 16 heteroatoms. The number of amides is 6. The Morgan fingerprint density at radius 2 is 1.47 bits per heavy atom. The lowest BCUT2D eigenvalue weighted by atomic mass is 9.99. The quantitative estimate of drug-likeness (QED) is 0.194. The predicted octanol–water partition coefficient (Wildman–Crippen LogP) is 2.04. The standard InChI is InChI=1S/C39H52F2N6O8/c1-4-5-6-7-15-32(48)43-28(21-25-19-26(40)22-27(41)20-25)34(49)44-33-24(3)55-39(54)31-14-11-18-47(31)36(51)23(2)42-35(50)29-12-8-9-16-45(29)37(52)30-13-10-17-46(30)38(33)53/h7,15,19-20,22-24,28-31,33H,4-6,8-14,16-18,21H2,1-3H3,(H,42,50)(H,43,48)(H,44,49)/b15-7+/t23-,24-,28-,29-,30-,31-,33-/m0/s1. The summed E-state index contributed by atoms with van der Waals surface area (Å²) in [5, 5.41) is 7.96. The number of esters is 1. The molecule has 0 radical (unpaired) electrons. The van der Waals surface area contributed by atoms with Crippen LogP contribution in [0.15, 0.2) is 30.4 Å². The van der Waals surface area contributed by atoms with Crippen LogP contribution in [0.25, 0.3) is 0 Å². The number of allylic oxidation sites excluding steroid dienone is 1. The van der Waals surface area contributed by atoms with Crippen LogP contribution in [-0.4, -0.2) is 118 Å². The number of rotatable bonds is 9. The Labute approximate surface area is 319 Å². The normalized spacial score (nSPS) is 27.3. The van der Waals surface area contributed by atoms with Gasteiger partial charge in [-0.25, -0.2) is 13.6 Å². The lowest BCUT2D eigenvalue weighted by Crippen LogP contribution is -2.63. The van der Waals surface area contributed by atoms with Crippen molar-refractivity contribution in [3.05, 3.63) is 47.5 Å². The van der Waals surface area contributed by atoms with E-state index in [1.165, 1.54) is 34.6 Å². The summed E-state index contributed by atoms with van der Waals surface area (Å²) in [5.41, 5.74) is 0.0576. The average Bonchev–Trinajstić information content (AvgIpc) is 3.85. The van der Waals surface area contributed by atoms with Crippen molar-refractivity contribution in [3.63, 3.8) is 0 Å². The zero-order chi connectivity index (χ0) is 39.8. The minimum absolute atomic E-state index is 0.0576. The maximum absolute atomic E-state index is 14.6. The molecular formula is C39H52F2N6O8. The molecule has 1 aromatic rings. The minimum Gasteiger partial charge on any atom is -0.458 e. The monoisotopic (exact) mass is 770 g/mol. The second-order valence-corrected chi connectivity index (χ2v) is 14.9. The van der Waals surface area contributed by atoms with E-state index >= 15 is 0 Å². The molecule has 4 aliphatic rings. The number of hydrogen-bond acceptors (Lipinski definition) is 8. The Balaban J connectivity index is 1.49. The molecule has 14 nitrogen and oxygen atoms in total. The van der Waals surface area contributed by atoms with Crippen LogP contribution in [0.4, 0.5) is 8.78 Å². The van der Waals surface area contributed by atoms with Crippen LogP contribution >= 0.6 is 0 Å². The summed E-state index contributed by atoms with van der Waals surface area (Å²) in [6.07, 6.45) is 6.70. The van der Waals surface area contributed by atoms with Gasteiger partial charge in [-0.05, 0) is 89.0 Å². The van der Waals surface area contributed by atoms with Gasteiger partial charge >= 0.3 is 5.97 Å². The minimum atomic E-state index is -1.58. The Kier molecular flexibility index (Phi) is 14.0. The van der Waals surface area contributed by atoms with E-state index in [2.05, 4.69) is 16.0 Å². The number of piperidine rings is 1. The summed E-state index contributed by atoms with van der Waals surface area (Å²) in [5.74, 6) is -6.33. The first-order chi connectivity index (χ1) is 26.3. The van der Waals surface area contributed by atoms with Crippen LogP contribution in [0.1, 0.15) is 90.5 Å². The maximum Gasteiger partial charge on any atom is 0.329 e. The third-order valence-electron chi connectivity index (χ3n) is 10.8. The molecule has 0 unspecified atom stereocenters. The first-order valence-corrected chi connectivity index (χ1v) is 19.4.